The van der Waals surface area contributed by atoms with Crippen molar-refractivity contribution in [3.05, 3.63) is 102 Å². The van der Waals surface area contributed by atoms with Crippen LogP contribution >= 0.6 is 11.3 Å². The molecule has 2 N–H and O–H groups in total. The third kappa shape index (κ3) is 5.63. The number of nitriles is 1. The number of nitrogens with zero attached hydrogens (tertiary/aromatic N) is 2. The molecule has 2 aliphatic rings. The molecule has 0 radical (unpaired) electrons. The molecule has 0 spiro atoms. The largest absolute Gasteiger partial charge is 0.456 e. The predicted octanol–water partition coefficient (Wildman–Crippen LogP) is 8.65. The highest BCUT2D eigenvalue weighted by atomic mass is 32.1. The third-order valence-electron chi connectivity index (χ3n) is 8.15. The maximum Gasteiger partial charge on any atom is 0.349 e. The molecule has 3 aromatic carbocycles. The molecular formula is C36H35N3O2S. The number of para-hydroxylation sites is 1. The Hall–Kier alpha value is -4.18. The highest BCUT2D eigenvalue weighted by Gasteiger charge is 2.39. The zero-order chi connectivity index (χ0) is 29.4. The monoisotopic (exact) mass is 573 g/mol. The van der Waals surface area contributed by atoms with E-state index in [1.54, 1.807) is 38.2 Å². The van der Waals surface area contributed by atoms with Gasteiger partial charge < -0.3 is 15.4 Å². The van der Waals surface area contributed by atoms with Crippen LogP contribution in [0.15, 0.2) is 90.5 Å². The molecule has 1 aliphatic carbocycles. The van der Waals surface area contributed by atoms with Gasteiger partial charge in [-0.15, -0.1) is 11.3 Å². The van der Waals surface area contributed by atoms with Crippen LogP contribution in [-0.4, -0.2) is 17.7 Å². The van der Waals surface area contributed by atoms with Gasteiger partial charge in [0, 0.05) is 21.1 Å². The SMILES string of the molecule is CC(C)(C)OC(=O)/C(C#N)=C/c1ccc(-c2ccc(-c3ccc4c(c3)C3CCC(C3)C(N)N4c3ccccc3)s2)cc1. The Morgan fingerprint density at radius 3 is 2.36 bits per heavy atom. The second kappa shape index (κ2) is 11.2. The van der Waals surface area contributed by atoms with Gasteiger partial charge in [0.05, 0.1) is 6.17 Å². The average Bonchev–Trinajstić information content (AvgIpc) is 3.65. The van der Waals surface area contributed by atoms with Crippen molar-refractivity contribution in [3.8, 4) is 27.0 Å². The molecule has 2 heterocycles. The van der Waals surface area contributed by atoms with Crippen LogP contribution in [0.25, 0.3) is 27.0 Å². The molecule has 6 heteroatoms. The van der Waals surface area contributed by atoms with E-state index in [0.29, 0.717) is 11.8 Å². The molecule has 1 aromatic heterocycles. The summed E-state index contributed by atoms with van der Waals surface area (Å²) in [4.78, 5) is 17.1. The third-order valence-corrected chi connectivity index (χ3v) is 9.33. The number of carbonyl (C=O) groups excluding carboxylic acids is 1. The molecule has 4 aromatic rings. The number of benzene rings is 3. The van der Waals surface area contributed by atoms with E-state index in [2.05, 4.69) is 65.6 Å². The summed E-state index contributed by atoms with van der Waals surface area (Å²) in [5, 5.41) is 9.48. The molecule has 42 heavy (non-hydrogen) atoms. The summed E-state index contributed by atoms with van der Waals surface area (Å²) in [5.41, 5.74) is 13.1. The van der Waals surface area contributed by atoms with Crippen LogP contribution < -0.4 is 10.6 Å². The number of thiophene rings is 1. The lowest BCUT2D eigenvalue weighted by Crippen LogP contribution is -2.43. The molecule has 1 saturated carbocycles. The number of carbonyl (C=O) groups is 1. The van der Waals surface area contributed by atoms with Crippen molar-refractivity contribution < 1.29 is 9.53 Å². The van der Waals surface area contributed by atoms with Gasteiger partial charge in [-0.2, -0.15) is 5.26 Å². The number of esters is 1. The van der Waals surface area contributed by atoms with Crippen LogP contribution in [0.4, 0.5) is 11.4 Å². The number of ether oxygens (including phenoxy) is 1. The van der Waals surface area contributed by atoms with Gasteiger partial charge in [0.15, 0.2) is 0 Å². The molecule has 212 valence electrons. The minimum atomic E-state index is -0.654. The molecule has 1 fully saturated rings. The van der Waals surface area contributed by atoms with Crippen LogP contribution in [-0.2, 0) is 9.53 Å². The summed E-state index contributed by atoms with van der Waals surface area (Å²) in [7, 11) is 0. The lowest BCUT2D eigenvalue weighted by Gasteiger charge is -2.35. The van der Waals surface area contributed by atoms with Gasteiger partial charge in [0.1, 0.15) is 17.2 Å². The van der Waals surface area contributed by atoms with E-state index in [-0.39, 0.29) is 11.7 Å². The Balaban J connectivity index is 1.27. The predicted molar refractivity (Wildman–Crippen MR) is 171 cm³/mol. The van der Waals surface area contributed by atoms with Crippen molar-refractivity contribution in [2.45, 2.75) is 57.7 Å². The highest BCUT2D eigenvalue weighted by Crippen LogP contribution is 2.50. The Labute approximate surface area is 251 Å². The van der Waals surface area contributed by atoms with Gasteiger partial charge in [0.25, 0.3) is 0 Å². The summed E-state index contributed by atoms with van der Waals surface area (Å²) in [5.74, 6) is 0.411. The molecule has 5 nitrogen and oxygen atoms in total. The fourth-order valence-electron chi connectivity index (χ4n) is 6.16. The number of rotatable bonds is 5. The first-order valence-electron chi connectivity index (χ1n) is 14.5. The minimum Gasteiger partial charge on any atom is -0.456 e. The fourth-order valence-corrected chi connectivity index (χ4v) is 7.17. The van der Waals surface area contributed by atoms with Crippen LogP contribution in [0.5, 0.6) is 0 Å². The quantitative estimate of drug-likeness (QED) is 0.147. The first-order chi connectivity index (χ1) is 20.2. The van der Waals surface area contributed by atoms with E-state index in [0.717, 1.165) is 28.1 Å². The van der Waals surface area contributed by atoms with Crippen LogP contribution in [0, 0.1) is 17.2 Å². The molecule has 0 amide bonds. The molecule has 6 rings (SSSR count). The van der Waals surface area contributed by atoms with Crippen molar-refractivity contribution >= 4 is 34.8 Å². The second-order valence-electron chi connectivity index (χ2n) is 12.2. The lowest BCUT2D eigenvalue weighted by atomic mass is 9.93. The standard InChI is InChI=1S/C36H35N3O2S/c1-36(2,3)41-35(40)28(22-37)19-23-9-11-24(12-10-23)32-17-18-33(42-32)26-15-16-31-30(21-26)25-13-14-27(20-25)34(38)39(31)29-7-5-4-6-8-29/h4-12,15-19,21,25,27,34H,13-14,20,38H2,1-3H3/b28-19+. The molecule has 1 aliphatic heterocycles. The first kappa shape index (κ1) is 28.0. The lowest BCUT2D eigenvalue weighted by molar-refractivity contribution is -0.149. The van der Waals surface area contributed by atoms with Crippen molar-refractivity contribution in [1.29, 1.82) is 5.26 Å². The van der Waals surface area contributed by atoms with Gasteiger partial charge in [-0.3, -0.25) is 0 Å². The fraction of sp³-hybridized carbons (Fsp3) is 0.278. The molecule has 0 saturated heterocycles. The van der Waals surface area contributed by atoms with E-state index in [1.165, 1.54) is 34.5 Å². The normalized spacial score (nSPS) is 20.0. The van der Waals surface area contributed by atoms with Gasteiger partial charge >= 0.3 is 5.97 Å². The van der Waals surface area contributed by atoms with Crippen molar-refractivity contribution in [2.24, 2.45) is 11.7 Å². The Kier molecular flexibility index (Phi) is 7.49. The van der Waals surface area contributed by atoms with Gasteiger partial charge in [-0.25, -0.2) is 4.79 Å². The summed E-state index contributed by atoms with van der Waals surface area (Å²) in [6.45, 7) is 5.36. The second-order valence-corrected chi connectivity index (χ2v) is 13.3. The Morgan fingerprint density at radius 1 is 0.976 bits per heavy atom. The van der Waals surface area contributed by atoms with Gasteiger partial charge in [-0.1, -0.05) is 48.5 Å². The van der Waals surface area contributed by atoms with Gasteiger partial charge in [-0.05, 0) is 117 Å². The van der Waals surface area contributed by atoms with E-state index < -0.39 is 11.6 Å². The summed E-state index contributed by atoms with van der Waals surface area (Å²) >= 11 is 1.77. The van der Waals surface area contributed by atoms with E-state index in [1.807, 2.05) is 30.3 Å². The van der Waals surface area contributed by atoms with E-state index in [9.17, 15) is 10.1 Å². The Morgan fingerprint density at radius 2 is 1.67 bits per heavy atom. The first-order valence-corrected chi connectivity index (χ1v) is 15.3. The summed E-state index contributed by atoms with van der Waals surface area (Å²) < 4.78 is 5.36. The molecule has 3 atom stereocenters. The van der Waals surface area contributed by atoms with E-state index >= 15 is 0 Å². The minimum absolute atomic E-state index is 0.0142. The summed E-state index contributed by atoms with van der Waals surface area (Å²) in [6.07, 6.45) is 5.05. The smallest absolute Gasteiger partial charge is 0.349 e. The number of hydrogen-bond donors (Lipinski definition) is 1. The van der Waals surface area contributed by atoms with Crippen LogP contribution in [0.2, 0.25) is 0 Å². The van der Waals surface area contributed by atoms with Crippen molar-refractivity contribution in [1.82, 2.24) is 0 Å². The maximum atomic E-state index is 12.4. The van der Waals surface area contributed by atoms with Crippen LogP contribution in [0.3, 0.4) is 0 Å². The number of nitrogens with two attached hydrogens (primary N) is 1. The van der Waals surface area contributed by atoms with Gasteiger partial charge in [0.2, 0.25) is 0 Å². The molecule has 3 unspecified atom stereocenters. The van der Waals surface area contributed by atoms with E-state index in [4.69, 9.17) is 10.5 Å². The topological polar surface area (TPSA) is 79.3 Å². The average molecular weight is 574 g/mol. The molecule has 2 bridgehead atoms. The maximum absolute atomic E-state index is 12.4. The number of hydrogen-bond acceptors (Lipinski definition) is 6. The van der Waals surface area contributed by atoms with Crippen LogP contribution in [0.1, 0.15) is 57.1 Å². The zero-order valence-corrected chi connectivity index (χ0v) is 25.0. The molecular weight excluding hydrogens is 538 g/mol. The summed E-state index contributed by atoms with van der Waals surface area (Å²) in [6, 6.07) is 31.6. The Bertz CT molecular complexity index is 1680. The number of fused-ring (bicyclic) bond motifs is 4. The number of anilines is 2. The highest BCUT2D eigenvalue weighted by molar-refractivity contribution is 7.18. The van der Waals surface area contributed by atoms with Crippen molar-refractivity contribution in [3.63, 3.8) is 0 Å². The van der Waals surface area contributed by atoms with Crippen molar-refractivity contribution in [2.75, 3.05) is 4.90 Å². The zero-order valence-electron chi connectivity index (χ0n) is 24.2.